The molecule has 0 atom stereocenters. The van der Waals surface area contributed by atoms with Gasteiger partial charge in [0.2, 0.25) is 0 Å². The highest BCUT2D eigenvalue weighted by Gasteiger charge is 2.09. The van der Waals surface area contributed by atoms with E-state index in [1.807, 2.05) is 25.2 Å². The molecule has 2 rings (SSSR count). The second kappa shape index (κ2) is 2.90. The molecule has 4 nitrogen and oxygen atoms in total. The predicted octanol–water partition coefficient (Wildman–Crippen LogP) is 1.65. The van der Waals surface area contributed by atoms with E-state index in [2.05, 4.69) is 37.5 Å². The lowest BCUT2D eigenvalue weighted by Crippen LogP contribution is -2.02. The van der Waals surface area contributed by atoms with Crippen molar-refractivity contribution in [3.05, 3.63) is 21.2 Å². The van der Waals surface area contributed by atoms with Crippen LogP contribution in [0.15, 0.2) is 0 Å². The van der Waals surface area contributed by atoms with E-state index in [4.69, 9.17) is 0 Å². The molecular formula is C8H9IN4. The van der Waals surface area contributed by atoms with Crippen molar-refractivity contribution in [1.82, 2.24) is 19.4 Å². The maximum atomic E-state index is 4.35. The Hall–Kier alpha value is -0.720. The van der Waals surface area contributed by atoms with Crippen LogP contribution in [-0.4, -0.2) is 19.4 Å². The first-order valence-corrected chi connectivity index (χ1v) is 5.03. The molecule has 0 unspecified atom stereocenters. The summed E-state index contributed by atoms with van der Waals surface area (Å²) in [5.74, 6) is 1.73. The molecule has 5 heteroatoms. The van der Waals surface area contributed by atoms with Gasteiger partial charge in [-0.1, -0.05) is 0 Å². The van der Waals surface area contributed by atoms with Gasteiger partial charge in [-0.3, -0.25) is 4.40 Å². The molecule has 0 saturated heterocycles. The minimum atomic E-state index is 0.792. The molecule has 2 aromatic rings. The Morgan fingerprint density at radius 1 is 1.08 bits per heavy atom. The normalized spacial score (nSPS) is 11.1. The van der Waals surface area contributed by atoms with Gasteiger partial charge in [0.05, 0.1) is 5.69 Å². The lowest BCUT2D eigenvalue weighted by Gasteiger charge is -2.00. The number of fused-ring (bicyclic) bond motifs is 1. The first-order chi connectivity index (χ1) is 6.09. The lowest BCUT2D eigenvalue weighted by molar-refractivity contribution is 0.894. The number of aromatic nitrogens is 4. The Kier molecular flexibility index (Phi) is 1.98. The van der Waals surface area contributed by atoms with Crippen LogP contribution in [0.4, 0.5) is 0 Å². The molecule has 0 amide bonds. The molecule has 0 aromatic carbocycles. The van der Waals surface area contributed by atoms with Gasteiger partial charge in [0, 0.05) is 22.6 Å². The van der Waals surface area contributed by atoms with E-state index < -0.39 is 0 Å². The van der Waals surface area contributed by atoms with E-state index >= 15 is 0 Å². The summed E-state index contributed by atoms with van der Waals surface area (Å²) >= 11 is 2.19. The van der Waals surface area contributed by atoms with Gasteiger partial charge in [0.15, 0.2) is 9.48 Å². The fourth-order valence-electron chi connectivity index (χ4n) is 1.37. The van der Waals surface area contributed by atoms with Crippen molar-refractivity contribution in [2.75, 3.05) is 0 Å². The Labute approximate surface area is 89.6 Å². The minimum absolute atomic E-state index is 0.792. The Balaban J connectivity index is 2.97. The molecule has 0 fully saturated rings. The van der Waals surface area contributed by atoms with Crippen LogP contribution in [0.2, 0.25) is 0 Å². The third kappa shape index (κ3) is 1.31. The first-order valence-electron chi connectivity index (χ1n) is 3.95. The molecule has 2 aromatic heterocycles. The smallest absolute Gasteiger partial charge is 0.180 e. The number of aryl methyl sites for hydroxylation is 3. The summed E-state index contributed by atoms with van der Waals surface area (Å²) in [5, 5.41) is 0. The van der Waals surface area contributed by atoms with Gasteiger partial charge in [-0.05, 0) is 20.8 Å². The van der Waals surface area contributed by atoms with E-state index in [9.17, 15) is 0 Å². The number of hydrogen-bond acceptors (Lipinski definition) is 3. The maximum Gasteiger partial charge on any atom is 0.180 e. The standard InChI is InChI=1S/C8H9IN4/c1-4-7-11-5(2)12-8(9)13(7)6(3)10-4/h1-3H3. The maximum absolute atomic E-state index is 4.35. The third-order valence-corrected chi connectivity index (χ3v) is 2.62. The highest BCUT2D eigenvalue weighted by atomic mass is 127. The molecule has 0 spiro atoms. The number of imidazole rings is 1. The Morgan fingerprint density at radius 2 is 1.77 bits per heavy atom. The van der Waals surface area contributed by atoms with Gasteiger partial charge in [0.1, 0.15) is 11.6 Å². The number of nitrogens with zero attached hydrogens (tertiary/aromatic N) is 4. The summed E-state index contributed by atoms with van der Waals surface area (Å²) in [6.45, 7) is 5.82. The van der Waals surface area contributed by atoms with Gasteiger partial charge in [-0.15, -0.1) is 0 Å². The molecule has 0 saturated carbocycles. The summed E-state index contributed by atoms with van der Waals surface area (Å²) in [6.07, 6.45) is 0. The van der Waals surface area contributed by atoms with E-state index in [0.717, 1.165) is 26.8 Å². The first kappa shape index (κ1) is 8.86. The summed E-state index contributed by atoms with van der Waals surface area (Å²) in [5.41, 5.74) is 1.87. The predicted molar refractivity (Wildman–Crippen MR) is 57.7 cm³/mol. The van der Waals surface area contributed by atoms with Crippen LogP contribution in [0.25, 0.3) is 5.65 Å². The van der Waals surface area contributed by atoms with Crippen molar-refractivity contribution in [3.8, 4) is 0 Å². The molecular weight excluding hydrogens is 279 g/mol. The molecule has 0 bridgehead atoms. The van der Waals surface area contributed by atoms with Crippen molar-refractivity contribution in [1.29, 1.82) is 0 Å². The van der Waals surface area contributed by atoms with Gasteiger partial charge in [-0.2, -0.15) is 0 Å². The third-order valence-electron chi connectivity index (χ3n) is 1.89. The van der Waals surface area contributed by atoms with Crippen molar-refractivity contribution in [2.24, 2.45) is 0 Å². The zero-order valence-electron chi connectivity index (χ0n) is 7.67. The van der Waals surface area contributed by atoms with Crippen molar-refractivity contribution < 1.29 is 0 Å². The molecule has 0 aliphatic heterocycles. The second-order valence-corrected chi connectivity index (χ2v) is 3.91. The van der Waals surface area contributed by atoms with Crippen LogP contribution in [0.1, 0.15) is 17.3 Å². The summed E-state index contributed by atoms with van der Waals surface area (Å²) in [6, 6.07) is 0. The van der Waals surface area contributed by atoms with Crippen LogP contribution in [-0.2, 0) is 0 Å². The highest BCUT2D eigenvalue weighted by molar-refractivity contribution is 14.1. The van der Waals surface area contributed by atoms with E-state index in [1.165, 1.54) is 0 Å². The SMILES string of the molecule is Cc1nc(I)n2c(C)nc(C)c2n1. The molecule has 2 heterocycles. The van der Waals surface area contributed by atoms with Crippen LogP contribution >= 0.6 is 22.6 Å². The largest absolute Gasteiger partial charge is 0.259 e. The lowest BCUT2D eigenvalue weighted by atomic mass is 10.5. The second-order valence-electron chi connectivity index (χ2n) is 2.94. The van der Waals surface area contributed by atoms with Crippen LogP contribution in [0.5, 0.6) is 0 Å². The monoisotopic (exact) mass is 288 g/mol. The minimum Gasteiger partial charge on any atom is -0.259 e. The van der Waals surface area contributed by atoms with Crippen molar-refractivity contribution in [2.45, 2.75) is 20.8 Å². The zero-order valence-corrected chi connectivity index (χ0v) is 9.82. The van der Waals surface area contributed by atoms with Gasteiger partial charge in [0.25, 0.3) is 0 Å². The quantitative estimate of drug-likeness (QED) is 0.692. The summed E-state index contributed by atoms with van der Waals surface area (Å²) in [7, 11) is 0. The van der Waals surface area contributed by atoms with Gasteiger partial charge < -0.3 is 0 Å². The molecule has 0 aliphatic rings. The number of rotatable bonds is 0. The zero-order chi connectivity index (χ0) is 9.59. The summed E-state index contributed by atoms with van der Waals surface area (Å²) < 4.78 is 2.88. The fraction of sp³-hybridized carbons (Fsp3) is 0.375. The average molecular weight is 288 g/mol. The van der Waals surface area contributed by atoms with Crippen LogP contribution < -0.4 is 0 Å². The van der Waals surface area contributed by atoms with Gasteiger partial charge in [-0.25, -0.2) is 15.0 Å². The summed E-state index contributed by atoms with van der Waals surface area (Å²) in [4.78, 5) is 13.0. The molecule has 68 valence electrons. The Bertz CT molecular complexity index is 474. The average Bonchev–Trinajstić information content (AvgIpc) is 2.27. The topological polar surface area (TPSA) is 43.1 Å². The molecule has 0 N–H and O–H groups in total. The van der Waals surface area contributed by atoms with Crippen LogP contribution in [0, 0.1) is 24.6 Å². The molecule has 13 heavy (non-hydrogen) atoms. The Morgan fingerprint density at radius 3 is 2.46 bits per heavy atom. The van der Waals surface area contributed by atoms with Crippen LogP contribution in [0.3, 0.4) is 0 Å². The van der Waals surface area contributed by atoms with E-state index in [0.29, 0.717) is 0 Å². The highest BCUT2D eigenvalue weighted by Crippen LogP contribution is 2.12. The van der Waals surface area contributed by atoms with Crippen molar-refractivity contribution in [3.63, 3.8) is 0 Å². The van der Waals surface area contributed by atoms with E-state index in [1.54, 1.807) is 0 Å². The molecule has 0 aliphatic carbocycles. The van der Waals surface area contributed by atoms with Gasteiger partial charge >= 0.3 is 0 Å². The fourth-order valence-corrected chi connectivity index (χ4v) is 2.30. The van der Waals surface area contributed by atoms with E-state index in [-0.39, 0.29) is 0 Å². The van der Waals surface area contributed by atoms with Crippen molar-refractivity contribution >= 4 is 28.2 Å². The number of halogens is 1. The number of hydrogen-bond donors (Lipinski definition) is 0. The molecule has 0 radical (unpaired) electrons.